The van der Waals surface area contributed by atoms with Gasteiger partial charge in [0, 0.05) is 22.9 Å². The Bertz CT molecular complexity index is 835. The van der Waals surface area contributed by atoms with Gasteiger partial charge in [0.2, 0.25) is 0 Å². The first-order valence-corrected chi connectivity index (χ1v) is 10.7. The molecule has 0 aliphatic carbocycles. The van der Waals surface area contributed by atoms with E-state index in [1.165, 1.54) is 0 Å². The predicted molar refractivity (Wildman–Crippen MR) is 121 cm³/mol. The van der Waals surface area contributed by atoms with Gasteiger partial charge in [0.1, 0.15) is 5.75 Å². The molecule has 2 aromatic carbocycles. The first-order valence-electron chi connectivity index (χ1n) is 9.94. The van der Waals surface area contributed by atoms with Crippen LogP contribution in [0.15, 0.2) is 46.9 Å². The van der Waals surface area contributed by atoms with Crippen LogP contribution in [-0.2, 0) is 0 Å². The van der Waals surface area contributed by atoms with Crippen molar-refractivity contribution < 1.29 is 14.3 Å². The zero-order chi connectivity index (χ0) is 21.4. The minimum absolute atomic E-state index is 0.116. The highest BCUT2D eigenvalue weighted by Crippen LogP contribution is 2.27. The van der Waals surface area contributed by atoms with Gasteiger partial charge in [0.05, 0.1) is 11.1 Å². The minimum Gasteiger partial charge on any atom is -0.492 e. The molecule has 156 valence electrons. The van der Waals surface area contributed by atoms with E-state index in [0.29, 0.717) is 29.3 Å². The number of ether oxygens (including phenoxy) is 1. The molecule has 2 amide bonds. The SMILES string of the molecule is CCC(C)NC(=O)c1ccc(NC(=O)c2ccc(OCCC(C)C)c(Br)c2)cc1. The molecule has 0 heterocycles. The van der Waals surface area contributed by atoms with Gasteiger partial charge in [0.15, 0.2) is 0 Å². The molecule has 0 spiro atoms. The molecule has 0 saturated carbocycles. The summed E-state index contributed by atoms with van der Waals surface area (Å²) in [4.78, 5) is 24.7. The maximum Gasteiger partial charge on any atom is 0.255 e. The lowest BCUT2D eigenvalue weighted by Crippen LogP contribution is -2.31. The molecule has 0 aromatic heterocycles. The summed E-state index contributed by atoms with van der Waals surface area (Å²) >= 11 is 3.47. The van der Waals surface area contributed by atoms with Gasteiger partial charge in [-0.3, -0.25) is 9.59 Å². The number of amides is 2. The monoisotopic (exact) mass is 460 g/mol. The molecular formula is C23H29BrN2O3. The van der Waals surface area contributed by atoms with E-state index >= 15 is 0 Å². The average molecular weight is 461 g/mol. The Morgan fingerprint density at radius 1 is 1.00 bits per heavy atom. The lowest BCUT2D eigenvalue weighted by molar-refractivity contribution is 0.0938. The summed E-state index contributed by atoms with van der Waals surface area (Å²) in [7, 11) is 0. The Labute approximate surface area is 181 Å². The van der Waals surface area contributed by atoms with Crippen LogP contribution in [0.1, 0.15) is 61.3 Å². The van der Waals surface area contributed by atoms with Gasteiger partial charge in [-0.25, -0.2) is 0 Å². The second-order valence-corrected chi connectivity index (χ2v) is 8.34. The van der Waals surface area contributed by atoms with Crippen molar-refractivity contribution >= 4 is 33.4 Å². The predicted octanol–water partition coefficient (Wildman–Crippen LogP) is 5.65. The van der Waals surface area contributed by atoms with E-state index in [9.17, 15) is 9.59 Å². The van der Waals surface area contributed by atoms with Gasteiger partial charge in [-0.1, -0.05) is 20.8 Å². The molecule has 0 saturated heterocycles. The summed E-state index contributed by atoms with van der Waals surface area (Å²) in [5.74, 6) is 0.954. The molecule has 2 aromatic rings. The number of nitrogens with one attached hydrogen (secondary N) is 2. The molecule has 1 atom stereocenters. The fraction of sp³-hybridized carbons (Fsp3) is 0.391. The van der Waals surface area contributed by atoms with Crippen LogP contribution in [0.4, 0.5) is 5.69 Å². The van der Waals surface area contributed by atoms with Crippen molar-refractivity contribution in [2.45, 2.75) is 46.6 Å². The molecule has 5 nitrogen and oxygen atoms in total. The fourth-order valence-electron chi connectivity index (χ4n) is 2.48. The van der Waals surface area contributed by atoms with E-state index in [0.717, 1.165) is 23.1 Å². The lowest BCUT2D eigenvalue weighted by atomic mass is 10.1. The maximum atomic E-state index is 12.5. The van der Waals surface area contributed by atoms with Gasteiger partial charge in [-0.15, -0.1) is 0 Å². The number of hydrogen-bond acceptors (Lipinski definition) is 3. The number of anilines is 1. The normalized spacial score (nSPS) is 11.8. The Kier molecular flexibility index (Phi) is 8.70. The molecule has 0 bridgehead atoms. The maximum absolute atomic E-state index is 12.5. The van der Waals surface area contributed by atoms with Crippen molar-refractivity contribution in [2.24, 2.45) is 5.92 Å². The lowest BCUT2D eigenvalue weighted by Gasteiger charge is -2.12. The molecule has 0 aliphatic rings. The van der Waals surface area contributed by atoms with Gasteiger partial charge in [0.25, 0.3) is 11.8 Å². The zero-order valence-electron chi connectivity index (χ0n) is 17.4. The quantitative estimate of drug-likeness (QED) is 0.507. The minimum atomic E-state index is -0.226. The van der Waals surface area contributed by atoms with E-state index in [2.05, 4.69) is 40.4 Å². The van der Waals surface area contributed by atoms with E-state index in [4.69, 9.17) is 4.74 Å². The third-order valence-corrected chi connectivity index (χ3v) is 5.16. The van der Waals surface area contributed by atoms with Gasteiger partial charge in [-0.2, -0.15) is 0 Å². The number of benzene rings is 2. The number of carbonyl (C=O) groups is 2. The van der Waals surface area contributed by atoms with Crippen molar-refractivity contribution in [1.29, 1.82) is 0 Å². The first kappa shape index (κ1) is 22.9. The van der Waals surface area contributed by atoms with E-state index in [1.807, 2.05) is 13.8 Å². The summed E-state index contributed by atoms with van der Waals surface area (Å²) in [6, 6.07) is 12.2. The second kappa shape index (κ2) is 11.0. The van der Waals surface area contributed by atoms with Crippen molar-refractivity contribution in [1.82, 2.24) is 5.32 Å². The van der Waals surface area contributed by atoms with Crippen LogP contribution in [0.3, 0.4) is 0 Å². The van der Waals surface area contributed by atoms with Crippen molar-refractivity contribution in [3.63, 3.8) is 0 Å². The van der Waals surface area contributed by atoms with Crippen LogP contribution < -0.4 is 15.4 Å². The van der Waals surface area contributed by atoms with Crippen LogP contribution in [0.25, 0.3) is 0 Å². The Balaban J connectivity index is 1.97. The number of hydrogen-bond donors (Lipinski definition) is 2. The molecular weight excluding hydrogens is 432 g/mol. The summed E-state index contributed by atoms with van der Waals surface area (Å²) in [5.41, 5.74) is 1.71. The van der Waals surface area contributed by atoms with Gasteiger partial charge in [-0.05, 0) is 84.1 Å². The second-order valence-electron chi connectivity index (χ2n) is 7.49. The van der Waals surface area contributed by atoms with Crippen LogP contribution >= 0.6 is 15.9 Å². The summed E-state index contributed by atoms with van der Waals surface area (Å²) < 4.78 is 6.50. The van der Waals surface area contributed by atoms with E-state index in [-0.39, 0.29) is 17.9 Å². The number of halogens is 1. The summed E-state index contributed by atoms with van der Waals surface area (Å²) in [5, 5.41) is 5.77. The topological polar surface area (TPSA) is 67.4 Å². The van der Waals surface area contributed by atoms with Crippen LogP contribution in [0, 0.1) is 5.92 Å². The average Bonchev–Trinajstić information content (AvgIpc) is 2.69. The molecule has 2 N–H and O–H groups in total. The first-order chi connectivity index (χ1) is 13.8. The highest BCUT2D eigenvalue weighted by molar-refractivity contribution is 9.10. The van der Waals surface area contributed by atoms with E-state index < -0.39 is 0 Å². The largest absolute Gasteiger partial charge is 0.492 e. The third kappa shape index (κ3) is 7.20. The van der Waals surface area contributed by atoms with Crippen molar-refractivity contribution in [2.75, 3.05) is 11.9 Å². The third-order valence-electron chi connectivity index (χ3n) is 4.54. The van der Waals surface area contributed by atoms with Gasteiger partial charge >= 0.3 is 0 Å². The molecule has 2 rings (SSSR count). The van der Waals surface area contributed by atoms with Crippen LogP contribution in [0.5, 0.6) is 5.75 Å². The summed E-state index contributed by atoms with van der Waals surface area (Å²) in [6.07, 6.45) is 1.84. The highest BCUT2D eigenvalue weighted by Gasteiger charge is 2.12. The molecule has 29 heavy (non-hydrogen) atoms. The van der Waals surface area contributed by atoms with Gasteiger partial charge < -0.3 is 15.4 Å². The van der Waals surface area contributed by atoms with E-state index in [1.54, 1.807) is 42.5 Å². The molecule has 0 fully saturated rings. The standard InChI is InChI=1S/C23H29BrN2O3/c1-5-16(4)25-22(27)17-6-9-19(10-7-17)26-23(28)18-8-11-21(20(24)14-18)29-13-12-15(2)3/h6-11,14-16H,5,12-13H2,1-4H3,(H,25,27)(H,26,28). The molecule has 6 heteroatoms. The number of rotatable bonds is 9. The highest BCUT2D eigenvalue weighted by atomic mass is 79.9. The van der Waals surface area contributed by atoms with Crippen molar-refractivity contribution in [3.8, 4) is 5.75 Å². The molecule has 1 unspecified atom stereocenters. The van der Waals surface area contributed by atoms with Crippen LogP contribution in [0.2, 0.25) is 0 Å². The van der Waals surface area contributed by atoms with Crippen molar-refractivity contribution in [3.05, 3.63) is 58.1 Å². The Morgan fingerprint density at radius 2 is 1.66 bits per heavy atom. The number of carbonyl (C=O) groups excluding carboxylic acids is 2. The fourth-order valence-corrected chi connectivity index (χ4v) is 2.97. The summed E-state index contributed by atoms with van der Waals surface area (Å²) in [6.45, 7) is 8.92. The molecule has 0 aliphatic heterocycles. The Hall–Kier alpha value is -2.34. The Morgan fingerprint density at radius 3 is 2.24 bits per heavy atom. The zero-order valence-corrected chi connectivity index (χ0v) is 19.0. The smallest absolute Gasteiger partial charge is 0.255 e. The van der Waals surface area contributed by atoms with Crippen LogP contribution in [-0.4, -0.2) is 24.5 Å². The molecule has 0 radical (unpaired) electrons.